The van der Waals surface area contributed by atoms with Gasteiger partial charge in [-0.15, -0.1) is 0 Å². The van der Waals surface area contributed by atoms with Crippen LogP contribution in [0.5, 0.6) is 0 Å². The lowest BCUT2D eigenvalue weighted by Crippen LogP contribution is -2.29. The predicted octanol–water partition coefficient (Wildman–Crippen LogP) is 1.27. The summed E-state index contributed by atoms with van der Waals surface area (Å²) >= 11 is 0. The molecule has 1 fully saturated rings. The molecule has 2 aliphatic heterocycles. The number of carbonyl (C=O) groups is 1. The highest BCUT2D eigenvalue weighted by Crippen LogP contribution is 2.34. The molecule has 2 atom stereocenters. The summed E-state index contributed by atoms with van der Waals surface area (Å²) in [6, 6.07) is 5.98. The molecule has 0 spiro atoms. The minimum absolute atomic E-state index is 0.0191. The molecule has 0 radical (unpaired) electrons. The summed E-state index contributed by atoms with van der Waals surface area (Å²) in [5, 5.41) is 6.23. The van der Waals surface area contributed by atoms with Crippen LogP contribution in [-0.2, 0) is 21.1 Å². The van der Waals surface area contributed by atoms with Gasteiger partial charge in [-0.1, -0.05) is 19.1 Å². The number of carbonyl (C=O) groups excluding carboxylic acids is 1. The summed E-state index contributed by atoms with van der Waals surface area (Å²) in [5.74, 6) is 0.660. The third kappa shape index (κ3) is 2.96. The molecule has 3 rings (SSSR count). The van der Waals surface area contributed by atoms with Crippen molar-refractivity contribution in [3.8, 4) is 0 Å². The highest BCUT2D eigenvalue weighted by Gasteiger charge is 2.34. The van der Waals surface area contributed by atoms with Gasteiger partial charge in [-0.05, 0) is 36.1 Å². The monoisotopic (exact) mass is 308 g/mol. The first-order valence-electron chi connectivity index (χ1n) is 7.35. The number of rotatable bonds is 4. The summed E-state index contributed by atoms with van der Waals surface area (Å²) < 4.78 is 23.5. The van der Waals surface area contributed by atoms with Crippen LogP contribution in [0.25, 0.3) is 0 Å². The molecule has 1 aromatic carbocycles. The molecule has 0 bridgehead atoms. The summed E-state index contributed by atoms with van der Waals surface area (Å²) in [6.07, 6.45) is 1.11. The first-order valence-corrected chi connectivity index (χ1v) is 9.17. The maximum atomic E-state index is 11.7. The van der Waals surface area contributed by atoms with Crippen LogP contribution in [0.1, 0.15) is 30.5 Å². The van der Waals surface area contributed by atoms with Gasteiger partial charge in [0, 0.05) is 11.7 Å². The van der Waals surface area contributed by atoms with Crippen molar-refractivity contribution in [2.24, 2.45) is 5.92 Å². The largest absolute Gasteiger partial charge is 0.326 e. The Bertz CT molecular complexity index is 669. The van der Waals surface area contributed by atoms with Gasteiger partial charge >= 0.3 is 0 Å². The maximum absolute atomic E-state index is 11.7. The van der Waals surface area contributed by atoms with Crippen LogP contribution in [0.4, 0.5) is 5.69 Å². The van der Waals surface area contributed by atoms with E-state index in [2.05, 4.69) is 10.6 Å². The third-order valence-corrected chi connectivity index (χ3v) is 6.07. The summed E-state index contributed by atoms with van der Waals surface area (Å²) in [7, 11) is -2.89. The topological polar surface area (TPSA) is 75.3 Å². The van der Waals surface area contributed by atoms with Gasteiger partial charge in [-0.3, -0.25) is 4.79 Å². The van der Waals surface area contributed by atoms with Crippen LogP contribution >= 0.6 is 0 Å². The standard InChI is InChI=1S/C15H20N2O3S/c1-2-16-15(11-5-6-21(19,20)9-11)10-3-4-13-12(7-10)8-14(18)17-13/h3-4,7,11,15-16H,2,5-6,8-9H2,1H3,(H,17,18). The van der Waals surface area contributed by atoms with E-state index in [0.29, 0.717) is 12.8 Å². The molecule has 2 aliphatic rings. The summed E-state index contributed by atoms with van der Waals surface area (Å²) in [6.45, 7) is 2.81. The molecule has 114 valence electrons. The Morgan fingerprint density at radius 3 is 2.90 bits per heavy atom. The van der Waals surface area contributed by atoms with E-state index in [-0.39, 0.29) is 29.4 Å². The first-order chi connectivity index (χ1) is 9.98. The molecule has 1 amide bonds. The molecule has 2 unspecified atom stereocenters. The van der Waals surface area contributed by atoms with E-state index in [1.807, 2.05) is 25.1 Å². The van der Waals surface area contributed by atoms with Gasteiger partial charge in [0.2, 0.25) is 5.91 Å². The van der Waals surface area contributed by atoms with Gasteiger partial charge in [0.1, 0.15) is 0 Å². The number of benzene rings is 1. The minimum Gasteiger partial charge on any atom is -0.326 e. The number of nitrogens with one attached hydrogen (secondary N) is 2. The molecule has 2 heterocycles. The molecule has 0 saturated carbocycles. The lowest BCUT2D eigenvalue weighted by atomic mass is 9.91. The Kier molecular flexibility index (Phi) is 3.75. The second-order valence-electron chi connectivity index (χ2n) is 5.84. The fourth-order valence-corrected chi connectivity index (χ4v) is 5.15. The number of sulfone groups is 1. The zero-order valence-electron chi connectivity index (χ0n) is 12.1. The van der Waals surface area contributed by atoms with Crippen molar-refractivity contribution in [3.63, 3.8) is 0 Å². The lowest BCUT2D eigenvalue weighted by Gasteiger charge is -2.24. The van der Waals surface area contributed by atoms with Crippen molar-refractivity contribution in [2.45, 2.75) is 25.8 Å². The van der Waals surface area contributed by atoms with E-state index in [1.165, 1.54) is 0 Å². The van der Waals surface area contributed by atoms with Crippen LogP contribution < -0.4 is 10.6 Å². The van der Waals surface area contributed by atoms with Gasteiger partial charge in [0.15, 0.2) is 9.84 Å². The van der Waals surface area contributed by atoms with E-state index in [9.17, 15) is 13.2 Å². The second kappa shape index (κ2) is 5.42. The molecule has 1 aromatic rings. The lowest BCUT2D eigenvalue weighted by molar-refractivity contribution is -0.115. The molecule has 5 nitrogen and oxygen atoms in total. The van der Waals surface area contributed by atoms with Gasteiger partial charge in [-0.2, -0.15) is 0 Å². The molecule has 0 aromatic heterocycles. The van der Waals surface area contributed by atoms with Crippen LogP contribution in [-0.4, -0.2) is 32.4 Å². The smallest absolute Gasteiger partial charge is 0.228 e. The fraction of sp³-hybridized carbons (Fsp3) is 0.533. The van der Waals surface area contributed by atoms with Crippen molar-refractivity contribution in [1.29, 1.82) is 0 Å². The van der Waals surface area contributed by atoms with E-state index in [4.69, 9.17) is 0 Å². The van der Waals surface area contributed by atoms with Crippen molar-refractivity contribution < 1.29 is 13.2 Å². The van der Waals surface area contributed by atoms with E-state index >= 15 is 0 Å². The van der Waals surface area contributed by atoms with Gasteiger partial charge in [0.05, 0.1) is 17.9 Å². The Balaban J connectivity index is 1.88. The molecule has 6 heteroatoms. The third-order valence-electron chi connectivity index (χ3n) is 4.28. The predicted molar refractivity (Wildman–Crippen MR) is 82.0 cm³/mol. The average molecular weight is 308 g/mol. The van der Waals surface area contributed by atoms with Gasteiger partial charge in [0.25, 0.3) is 0 Å². The SMILES string of the molecule is CCNC(c1ccc2c(c1)CC(=O)N2)C1CCS(=O)(=O)C1. The zero-order chi connectivity index (χ0) is 15.0. The number of anilines is 1. The van der Waals surface area contributed by atoms with Gasteiger partial charge < -0.3 is 10.6 Å². The summed E-state index contributed by atoms with van der Waals surface area (Å²) in [4.78, 5) is 11.4. The highest BCUT2D eigenvalue weighted by atomic mass is 32.2. The maximum Gasteiger partial charge on any atom is 0.228 e. The van der Waals surface area contributed by atoms with Crippen molar-refractivity contribution in [1.82, 2.24) is 5.32 Å². The first kappa shape index (κ1) is 14.5. The van der Waals surface area contributed by atoms with Crippen LogP contribution in [0.2, 0.25) is 0 Å². The van der Waals surface area contributed by atoms with Crippen molar-refractivity contribution >= 4 is 21.4 Å². The molecule has 2 N–H and O–H groups in total. The highest BCUT2D eigenvalue weighted by molar-refractivity contribution is 7.91. The van der Waals surface area contributed by atoms with Crippen LogP contribution in [0.15, 0.2) is 18.2 Å². The summed E-state index contributed by atoms with van der Waals surface area (Å²) in [5.41, 5.74) is 2.95. The molecule has 1 saturated heterocycles. The molecule has 21 heavy (non-hydrogen) atoms. The minimum atomic E-state index is -2.89. The molecule has 0 aliphatic carbocycles. The second-order valence-corrected chi connectivity index (χ2v) is 8.07. The zero-order valence-corrected chi connectivity index (χ0v) is 12.9. The number of hydrogen-bond donors (Lipinski definition) is 2. The van der Waals surface area contributed by atoms with Crippen LogP contribution in [0, 0.1) is 5.92 Å². The number of amides is 1. The van der Waals surface area contributed by atoms with Crippen molar-refractivity contribution in [3.05, 3.63) is 29.3 Å². The normalized spacial score (nSPS) is 24.6. The fourth-order valence-electron chi connectivity index (χ4n) is 3.31. The Hall–Kier alpha value is -1.40. The van der Waals surface area contributed by atoms with Crippen LogP contribution in [0.3, 0.4) is 0 Å². The number of hydrogen-bond acceptors (Lipinski definition) is 4. The Labute approximate surface area is 125 Å². The van der Waals surface area contributed by atoms with E-state index in [1.54, 1.807) is 0 Å². The molecular weight excluding hydrogens is 288 g/mol. The van der Waals surface area contributed by atoms with E-state index < -0.39 is 9.84 Å². The average Bonchev–Trinajstić information content (AvgIpc) is 2.96. The molecular formula is C15H20N2O3S. The quantitative estimate of drug-likeness (QED) is 0.878. The van der Waals surface area contributed by atoms with E-state index in [0.717, 1.165) is 23.4 Å². The van der Waals surface area contributed by atoms with Gasteiger partial charge in [-0.25, -0.2) is 8.42 Å². The Morgan fingerprint density at radius 1 is 1.43 bits per heavy atom. The van der Waals surface area contributed by atoms with Crippen molar-refractivity contribution in [2.75, 3.05) is 23.4 Å². The Morgan fingerprint density at radius 2 is 2.24 bits per heavy atom. The number of fused-ring (bicyclic) bond motifs is 1.